The van der Waals surface area contributed by atoms with Gasteiger partial charge in [0.1, 0.15) is 0 Å². The Balaban J connectivity index is 1.99. The second kappa shape index (κ2) is 4.25. The van der Waals surface area contributed by atoms with Gasteiger partial charge >= 0.3 is 0 Å². The Bertz CT molecular complexity index is 345. The molecule has 3 aliphatic rings. The standard InChI is InChI=1S/C16H29NO/c1-7-15(3,4)14(18)17-13-9-11-8-12(10(13)2)16(11,5)6/h10-13H,7-9H2,1-6H3,(H,17,18)/t10?,11-,12?,13+/m0/s1. The largest absolute Gasteiger partial charge is 0.353 e. The average Bonchev–Trinajstić information content (AvgIpc) is 2.30. The molecule has 3 aliphatic carbocycles. The molecule has 2 bridgehead atoms. The van der Waals surface area contributed by atoms with Crippen LogP contribution in [0.1, 0.15) is 60.8 Å². The minimum absolute atomic E-state index is 0.225. The summed E-state index contributed by atoms with van der Waals surface area (Å²) >= 11 is 0. The molecule has 3 saturated carbocycles. The van der Waals surface area contributed by atoms with Crippen molar-refractivity contribution < 1.29 is 4.79 Å². The minimum Gasteiger partial charge on any atom is -0.353 e. The molecule has 0 heterocycles. The van der Waals surface area contributed by atoms with Gasteiger partial charge in [0.15, 0.2) is 0 Å². The van der Waals surface area contributed by atoms with Crippen molar-refractivity contribution >= 4 is 5.91 Å². The summed E-state index contributed by atoms with van der Waals surface area (Å²) < 4.78 is 0. The zero-order valence-electron chi connectivity index (χ0n) is 12.8. The molecule has 4 atom stereocenters. The summed E-state index contributed by atoms with van der Waals surface area (Å²) in [6, 6.07) is 0.403. The first-order chi connectivity index (χ1) is 8.20. The second-order valence-corrected chi connectivity index (χ2v) is 7.77. The molecule has 0 aromatic heterocycles. The van der Waals surface area contributed by atoms with Crippen molar-refractivity contribution in [3.63, 3.8) is 0 Å². The molecule has 2 unspecified atom stereocenters. The summed E-state index contributed by atoms with van der Waals surface area (Å²) in [6.07, 6.45) is 3.45. The van der Waals surface area contributed by atoms with E-state index in [2.05, 4.69) is 33.0 Å². The van der Waals surface area contributed by atoms with Crippen molar-refractivity contribution in [3.8, 4) is 0 Å². The number of rotatable bonds is 3. The molecule has 0 spiro atoms. The molecule has 3 rings (SSSR count). The van der Waals surface area contributed by atoms with Gasteiger partial charge in [-0.15, -0.1) is 0 Å². The van der Waals surface area contributed by atoms with Crippen LogP contribution in [0, 0.1) is 28.6 Å². The number of hydrogen-bond acceptors (Lipinski definition) is 1. The zero-order chi connectivity index (χ0) is 13.7. The van der Waals surface area contributed by atoms with Gasteiger partial charge in [-0.1, -0.05) is 41.5 Å². The number of carbonyl (C=O) groups excluding carboxylic acids is 1. The zero-order valence-corrected chi connectivity index (χ0v) is 12.8. The van der Waals surface area contributed by atoms with Crippen molar-refractivity contribution in [3.05, 3.63) is 0 Å². The molecule has 3 fully saturated rings. The lowest BCUT2D eigenvalue weighted by atomic mass is 9.44. The number of carbonyl (C=O) groups is 1. The predicted molar refractivity (Wildman–Crippen MR) is 75.2 cm³/mol. The van der Waals surface area contributed by atoms with E-state index in [4.69, 9.17) is 0 Å². The van der Waals surface area contributed by atoms with Gasteiger partial charge in [0, 0.05) is 11.5 Å². The summed E-state index contributed by atoms with van der Waals surface area (Å²) in [7, 11) is 0. The van der Waals surface area contributed by atoms with E-state index in [9.17, 15) is 4.79 Å². The Morgan fingerprint density at radius 1 is 1.33 bits per heavy atom. The van der Waals surface area contributed by atoms with Gasteiger partial charge in [-0.3, -0.25) is 4.79 Å². The molecule has 2 heteroatoms. The number of fused-ring (bicyclic) bond motifs is 2. The molecule has 0 saturated heterocycles. The number of amides is 1. The lowest BCUT2D eigenvalue weighted by Crippen LogP contribution is -2.61. The van der Waals surface area contributed by atoms with E-state index in [1.54, 1.807) is 0 Å². The molecular weight excluding hydrogens is 222 g/mol. The Morgan fingerprint density at radius 2 is 1.94 bits per heavy atom. The van der Waals surface area contributed by atoms with Crippen molar-refractivity contribution in [2.24, 2.45) is 28.6 Å². The Kier molecular flexibility index (Phi) is 3.28. The summed E-state index contributed by atoms with van der Waals surface area (Å²) in [6.45, 7) is 13.3. The van der Waals surface area contributed by atoms with Gasteiger partial charge in [0.05, 0.1) is 0 Å². The SMILES string of the molecule is CCC(C)(C)C(=O)N[C@@H]1C[C@@H]2CC(C1C)C2(C)C. The topological polar surface area (TPSA) is 29.1 Å². The highest BCUT2D eigenvalue weighted by Gasteiger charge is 2.56. The molecule has 0 aromatic carbocycles. The van der Waals surface area contributed by atoms with Crippen LogP contribution in [-0.2, 0) is 4.79 Å². The van der Waals surface area contributed by atoms with Crippen LogP contribution in [0.4, 0.5) is 0 Å². The Labute approximate surface area is 112 Å². The molecule has 0 aliphatic heterocycles. The maximum atomic E-state index is 12.3. The molecule has 104 valence electrons. The van der Waals surface area contributed by atoms with Crippen LogP contribution < -0.4 is 5.32 Å². The van der Waals surface area contributed by atoms with Gasteiger partial charge in [-0.2, -0.15) is 0 Å². The predicted octanol–water partition coefficient (Wildman–Crippen LogP) is 3.61. The molecule has 2 nitrogen and oxygen atoms in total. The number of nitrogens with one attached hydrogen (secondary N) is 1. The van der Waals surface area contributed by atoms with Crippen LogP contribution >= 0.6 is 0 Å². The van der Waals surface area contributed by atoms with Gasteiger partial charge in [-0.25, -0.2) is 0 Å². The molecule has 18 heavy (non-hydrogen) atoms. The summed E-state index contributed by atoms with van der Waals surface area (Å²) in [5.41, 5.74) is 0.276. The first-order valence-electron chi connectivity index (χ1n) is 7.51. The van der Waals surface area contributed by atoms with E-state index in [0.717, 1.165) is 18.3 Å². The maximum Gasteiger partial charge on any atom is 0.225 e. The maximum absolute atomic E-state index is 12.3. The third-order valence-electron chi connectivity index (χ3n) is 6.17. The first kappa shape index (κ1) is 13.9. The molecule has 0 aromatic rings. The monoisotopic (exact) mass is 251 g/mol. The summed E-state index contributed by atoms with van der Waals surface area (Å²) in [5, 5.41) is 3.32. The van der Waals surface area contributed by atoms with Gasteiger partial charge in [-0.05, 0) is 42.4 Å². The van der Waals surface area contributed by atoms with E-state index in [-0.39, 0.29) is 11.3 Å². The Hall–Kier alpha value is -0.530. The highest BCUT2D eigenvalue weighted by molar-refractivity contribution is 5.82. The smallest absolute Gasteiger partial charge is 0.225 e. The van der Waals surface area contributed by atoms with Crippen LogP contribution in [0.5, 0.6) is 0 Å². The number of hydrogen-bond donors (Lipinski definition) is 1. The molecule has 1 amide bonds. The fourth-order valence-electron chi connectivity index (χ4n) is 3.86. The van der Waals surface area contributed by atoms with Crippen molar-refractivity contribution in [2.45, 2.75) is 66.8 Å². The normalized spacial score (nSPS) is 37.9. The van der Waals surface area contributed by atoms with E-state index in [1.807, 2.05) is 13.8 Å². The van der Waals surface area contributed by atoms with Crippen LogP contribution in [0.25, 0.3) is 0 Å². The lowest BCUT2D eigenvalue weighted by Gasteiger charge is -2.62. The lowest BCUT2D eigenvalue weighted by molar-refractivity contribution is -0.140. The van der Waals surface area contributed by atoms with Crippen molar-refractivity contribution in [1.82, 2.24) is 5.32 Å². The van der Waals surface area contributed by atoms with Crippen LogP contribution in [0.2, 0.25) is 0 Å². The van der Waals surface area contributed by atoms with E-state index in [0.29, 0.717) is 17.4 Å². The quantitative estimate of drug-likeness (QED) is 0.815. The third kappa shape index (κ3) is 1.98. The van der Waals surface area contributed by atoms with E-state index in [1.165, 1.54) is 12.8 Å². The van der Waals surface area contributed by atoms with Crippen LogP contribution in [-0.4, -0.2) is 11.9 Å². The van der Waals surface area contributed by atoms with Gasteiger partial charge in [0.2, 0.25) is 5.91 Å². The van der Waals surface area contributed by atoms with Crippen molar-refractivity contribution in [1.29, 1.82) is 0 Å². The molecule has 1 N–H and O–H groups in total. The molecular formula is C16H29NO. The average molecular weight is 251 g/mol. The van der Waals surface area contributed by atoms with Crippen LogP contribution in [0.3, 0.4) is 0 Å². The second-order valence-electron chi connectivity index (χ2n) is 7.77. The summed E-state index contributed by atoms with van der Waals surface area (Å²) in [4.78, 5) is 12.3. The third-order valence-corrected chi connectivity index (χ3v) is 6.17. The minimum atomic E-state index is -0.225. The van der Waals surface area contributed by atoms with E-state index >= 15 is 0 Å². The Morgan fingerprint density at radius 3 is 2.39 bits per heavy atom. The fourth-order valence-corrected chi connectivity index (χ4v) is 3.86. The van der Waals surface area contributed by atoms with E-state index < -0.39 is 0 Å². The van der Waals surface area contributed by atoms with Crippen LogP contribution in [0.15, 0.2) is 0 Å². The van der Waals surface area contributed by atoms with Gasteiger partial charge < -0.3 is 5.32 Å². The highest BCUT2D eigenvalue weighted by atomic mass is 16.2. The van der Waals surface area contributed by atoms with Crippen molar-refractivity contribution in [2.75, 3.05) is 0 Å². The molecule has 0 radical (unpaired) electrons. The highest BCUT2D eigenvalue weighted by Crippen LogP contribution is 2.61. The van der Waals surface area contributed by atoms with Gasteiger partial charge in [0.25, 0.3) is 0 Å². The summed E-state index contributed by atoms with van der Waals surface area (Å²) in [5.74, 6) is 2.47. The first-order valence-corrected chi connectivity index (χ1v) is 7.51. The fraction of sp³-hybridized carbons (Fsp3) is 0.938.